The number of benzene rings is 1. The van der Waals surface area contributed by atoms with Crippen molar-refractivity contribution < 1.29 is 9.72 Å². The molecule has 0 aliphatic heterocycles. The minimum atomic E-state index is -0.630. The van der Waals surface area contributed by atoms with Crippen LogP contribution < -0.4 is 0 Å². The van der Waals surface area contributed by atoms with Gasteiger partial charge in [0.15, 0.2) is 0 Å². The second kappa shape index (κ2) is 6.11. The maximum absolute atomic E-state index is 12.3. The number of halogens is 2. The van der Waals surface area contributed by atoms with E-state index in [1.807, 2.05) is 0 Å². The van der Waals surface area contributed by atoms with E-state index < -0.39 is 10.8 Å². The molecule has 2 aromatic rings. The molecule has 0 bridgehead atoms. The highest BCUT2D eigenvalue weighted by Gasteiger charge is 2.22. The number of aromatic amines is 1. The number of nitro benzene ring substituents is 1. The molecule has 0 aliphatic carbocycles. The molecule has 1 heterocycles. The van der Waals surface area contributed by atoms with Crippen LogP contribution in [0.4, 0.5) is 5.69 Å². The van der Waals surface area contributed by atoms with E-state index in [0.717, 1.165) is 17.7 Å². The molecule has 1 N–H and O–H groups in total. The van der Waals surface area contributed by atoms with Crippen molar-refractivity contribution in [1.29, 1.82) is 0 Å². The maximum Gasteiger partial charge on any atom is 0.271 e. The summed E-state index contributed by atoms with van der Waals surface area (Å²) in [5.41, 5.74) is 0.491. The second-order valence-electron chi connectivity index (χ2n) is 4.31. The van der Waals surface area contributed by atoms with Crippen LogP contribution in [0.1, 0.15) is 15.9 Å². The molecular formula is C12H10Cl2N4O3. The lowest BCUT2D eigenvalue weighted by molar-refractivity contribution is -0.384. The van der Waals surface area contributed by atoms with Gasteiger partial charge in [0.1, 0.15) is 0 Å². The molecule has 1 amide bonds. The van der Waals surface area contributed by atoms with Gasteiger partial charge in [0.05, 0.1) is 26.7 Å². The molecule has 0 radical (unpaired) electrons. The van der Waals surface area contributed by atoms with Crippen LogP contribution in [-0.2, 0) is 6.54 Å². The van der Waals surface area contributed by atoms with Crippen molar-refractivity contribution in [3.63, 3.8) is 0 Å². The number of carbonyl (C=O) groups is 1. The third-order valence-corrected chi connectivity index (χ3v) is 3.58. The number of nitrogens with zero attached hydrogens (tertiary/aromatic N) is 3. The molecule has 2 rings (SSSR count). The van der Waals surface area contributed by atoms with Crippen molar-refractivity contribution in [3.8, 4) is 0 Å². The quantitative estimate of drug-likeness (QED) is 0.689. The van der Waals surface area contributed by atoms with E-state index in [2.05, 4.69) is 10.2 Å². The Balaban J connectivity index is 2.31. The van der Waals surface area contributed by atoms with E-state index in [0.29, 0.717) is 0 Å². The Hall–Kier alpha value is -2.12. The van der Waals surface area contributed by atoms with Gasteiger partial charge in [-0.3, -0.25) is 20.0 Å². The van der Waals surface area contributed by atoms with E-state index in [9.17, 15) is 14.9 Å². The largest absolute Gasteiger partial charge is 0.337 e. The fraction of sp³-hybridized carbons (Fsp3) is 0.167. The number of non-ortho nitro benzene ring substituents is 1. The normalized spacial score (nSPS) is 10.4. The van der Waals surface area contributed by atoms with Gasteiger partial charge in [-0.25, -0.2) is 0 Å². The van der Waals surface area contributed by atoms with Crippen LogP contribution in [0.15, 0.2) is 24.5 Å². The van der Waals surface area contributed by atoms with Gasteiger partial charge in [0, 0.05) is 37.5 Å². The molecule has 0 spiro atoms. The standard InChI is InChI=1S/C12H10Cl2N4O3/c1-17(6-7-4-15-16-5-7)12(19)9-2-8(18(20)21)3-10(13)11(9)14/h2-5H,6H2,1H3,(H,15,16). The van der Waals surface area contributed by atoms with Crippen molar-refractivity contribution in [2.24, 2.45) is 0 Å². The number of nitro groups is 1. The summed E-state index contributed by atoms with van der Waals surface area (Å²) in [6.45, 7) is 0.284. The summed E-state index contributed by atoms with van der Waals surface area (Å²) in [7, 11) is 1.55. The summed E-state index contributed by atoms with van der Waals surface area (Å²) < 4.78 is 0. The number of nitrogens with one attached hydrogen (secondary N) is 1. The monoisotopic (exact) mass is 328 g/mol. The number of carbonyl (C=O) groups excluding carboxylic acids is 1. The molecule has 0 aliphatic rings. The molecule has 0 fully saturated rings. The zero-order valence-corrected chi connectivity index (χ0v) is 12.4. The zero-order chi connectivity index (χ0) is 15.6. The van der Waals surface area contributed by atoms with Crippen molar-refractivity contribution in [3.05, 3.63) is 55.8 Å². The number of rotatable bonds is 4. The van der Waals surface area contributed by atoms with Gasteiger partial charge in [-0.1, -0.05) is 23.2 Å². The lowest BCUT2D eigenvalue weighted by Gasteiger charge is -2.17. The van der Waals surface area contributed by atoms with E-state index >= 15 is 0 Å². The fourth-order valence-electron chi connectivity index (χ4n) is 1.75. The van der Waals surface area contributed by atoms with E-state index in [4.69, 9.17) is 23.2 Å². The van der Waals surface area contributed by atoms with Gasteiger partial charge in [-0.2, -0.15) is 5.10 Å². The van der Waals surface area contributed by atoms with E-state index in [-0.39, 0.29) is 27.8 Å². The zero-order valence-electron chi connectivity index (χ0n) is 10.8. The fourth-order valence-corrected chi connectivity index (χ4v) is 2.15. The topological polar surface area (TPSA) is 92.1 Å². The first kappa shape index (κ1) is 15.3. The Labute approximate surface area is 129 Å². The molecule has 7 nitrogen and oxygen atoms in total. The predicted molar refractivity (Wildman–Crippen MR) is 77.5 cm³/mol. The highest BCUT2D eigenvalue weighted by molar-refractivity contribution is 6.44. The predicted octanol–water partition coefficient (Wildman–Crippen LogP) is 2.90. The average molecular weight is 329 g/mol. The minimum Gasteiger partial charge on any atom is -0.337 e. The lowest BCUT2D eigenvalue weighted by atomic mass is 10.1. The Morgan fingerprint density at radius 1 is 1.48 bits per heavy atom. The Morgan fingerprint density at radius 2 is 2.19 bits per heavy atom. The third-order valence-electron chi connectivity index (χ3n) is 2.78. The number of H-pyrrole nitrogens is 1. The van der Waals surface area contributed by atoms with Crippen LogP contribution in [0.25, 0.3) is 0 Å². The Kier molecular flexibility index (Phi) is 4.44. The number of amides is 1. The van der Waals surface area contributed by atoms with Crippen molar-refractivity contribution in [2.75, 3.05) is 7.05 Å². The van der Waals surface area contributed by atoms with Crippen LogP contribution in [0.5, 0.6) is 0 Å². The van der Waals surface area contributed by atoms with Crippen LogP contribution in [-0.4, -0.2) is 33.0 Å². The summed E-state index contributed by atoms with van der Waals surface area (Å²) in [6.07, 6.45) is 3.22. The molecular weight excluding hydrogens is 319 g/mol. The smallest absolute Gasteiger partial charge is 0.271 e. The van der Waals surface area contributed by atoms with Gasteiger partial charge in [0.25, 0.3) is 11.6 Å². The summed E-state index contributed by atoms with van der Waals surface area (Å²) in [5, 5.41) is 17.2. The van der Waals surface area contributed by atoms with Gasteiger partial charge < -0.3 is 4.90 Å². The summed E-state index contributed by atoms with van der Waals surface area (Å²) >= 11 is 11.8. The number of hydrogen-bond acceptors (Lipinski definition) is 4. The molecule has 21 heavy (non-hydrogen) atoms. The Bertz CT molecular complexity index is 688. The van der Waals surface area contributed by atoms with Gasteiger partial charge in [-0.05, 0) is 0 Å². The highest BCUT2D eigenvalue weighted by atomic mass is 35.5. The van der Waals surface area contributed by atoms with Crippen LogP contribution in [0.2, 0.25) is 10.0 Å². The SMILES string of the molecule is CN(Cc1cn[nH]c1)C(=O)c1cc([N+](=O)[O-])cc(Cl)c1Cl. The van der Waals surface area contributed by atoms with Gasteiger partial charge in [0.2, 0.25) is 0 Å². The van der Waals surface area contributed by atoms with E-state index in [1.54, 1.807) is 19.4 Å². The van der Waals surface area contributed by atoms with Crippen molar-refractivity contribution >= 4 is 34.8 Å². The maximum atomic E-state index is 12.3. The number of aromatic nitrogens is 2. The first-order valence-electron chi connectivity index (χ1n) is 5.76. The summed E-state index contributed by atoms with van der Waals surface area (Å²) in [4.78, 5) is 23.9. The summed E-state index contributed by atoms with van der Waals surface area (Å²) in [5.74, 6) is -0.466. The molecule has 1 aromatic carbocycles. The highest BCUT2D eigenvalue weighted by Crippen LogP contribution is 2.31. The minimum absolute atomic E-state index is 0.00805. The molecule has 1 aromatic heterocycles. The van der Waals surface area contributed by atoms with Crippen LogP contribution >= 0.6 is 23.2 Å². The van der Waals surface area contributed by atoms with Crippen molar-refractivity contribution in [1.82, 2.24) is 15.1 Å². The lowest BCUT2D eigenvalue weighted by Crippen LogP contribution is -2.26. The average Bonchev–Trinajstić information content (AvgIpc) is 2.93. The molecule has 0 unspecified atom stereocenters. The first-order chi connectivity index (χ1) is 9.90. The van der Waals surface area contributed by atoms with Gasteiger partial charge in [-0.15, -0.1) is 0 Å². The third kappa shape index (κ3) is 3.32. The molecule has 110 valence electrons. The summed E-state index contributed by atoms with van der Waals surface area (Å²) in [6, 6.07) is 2.22. The number of hydrogen-bond donors (Lipinski definition) is 1. The van der Waals surface area contributed by atoms with Crippen LogP contribution in [0, 0.1) is 10.1 Å². The van der Waals surface area contributed by atoms with Crippen LogP contribution in [0.3, 0.4) is 0 Å². The van der Waals surface area contributed by atoms with Gasteiger partial charge >= 0.3 is 0 Å². The molecule has 0 saturated heterocycles. The molecule has 9 heteroatoms. The second-order valence-corrected chi connectivity index (χ2v) is 5.10. The first-order valence-corrected chi connectivity index (χ1v) is 6.52. The van der Waals surface area contributed by atoms with Crippen molar-refractivity contribution in [2.45, 2.75) is 6.54 Å². The molecule has 0 atom stereocenters. The van der Waals surface area contributed by atoms with E-state index in [1.165, 1.54) is 4.90 Å². The Morgan fingerprint density at radius 3 is 2.76 bits per heavy atom. The molecule has 0 saturated carbocycles.